The van der Waals surface area contributed by atoms with Crippen LogP contribution in [0, 0.1) is 6.92 Å². The van der Waals surface area contributed by atoms with Gasteiger partial charge in [0.2, 0.25) is 5.88 Å². The Balaban J connectivity index is 1.23. The molecule has 0 radical (unpaired) electrons. The van der Waals surface area contributed by atoms with E-state index in [9.17, 15) is 0 Å². The van der Waals surface area contributed by atoms with Gasteiger partial charge in [-0.1, -0.05) is 6.07 Å². The molecule has 1 saturated heterocycles. The van der Waals surface area contributed by atoms with Gasteiger partial charge >= 0.3 is 0 Å². The molecule has 0 spiro atoms. The Kier molecular flexibility index (Phi) is 5.85. The summed E-state index contributed by atoms with van der Waals surface area (Å²) in [7, 11) is 4.31. The van der Waals surface area contributed by atoms with Gasteiger partial charge in [-0.25, -0.2) is 19.9 Å². The maximum Gasteiger partial charge on any atom is 0.237 e. The molecule has 6 rings (SSSR count). The lowest BCUT2D eigenvalue weighted by molar-refractivity contribution is 0.310. The molecule has 9 nitrogen and oxygen atoms in total. The van der Waals surface area contributed by atoms with Gasteiger partial charge in [0.1, 0.15) is 34.8 Å². The van der Waals surface area contributed by atoms with Gasteiger partial charge < -0.3 is 25.2 Å². The zero-order valence-electron chi connectivity index (χ0n) is 20.9. The molecule has 6 heterocycles. The number of pyridine rings is 3. The quantitative estimate of drug-likeness (QED) is 0.408. The third kappa shape index (κ3) is 4.20. The van der Waals surface area contributed by atoms with Crippen LogP contribution in [0.2, 0.25) is 0 Å². The van der Waals surface area contributed by atoms with Gasteiger partial charge in [0.15, 0.2) is 0 Å². The first-order chi connectivity index (χ1) is 17.5. The average molecular weight is 503 g/mol. The largest absolute Gasteiger partial charge is 0.474 e. The van der Waals surface area contributed by atoms with Crippen molar-refractivity contribution in [3.05, 3.63) is 42.2 Å². The Morgan fingerprint density at radius 1 is 1.19 bits per heavy atom. The first-order valence-corrected chi connectivity index (χ1v) is 13.1. The summed E-state index contributed by atoms with van der Waals surface area (Å²) in [5.41, 5.74) is 3.95. The Bertz CT molecular complexity index is 1410. The van der Waals surface area contributed by atoms with Crippen LogP contribution in [0.3, 0.4) is 0 Å². The predicted octanol–water partition coefficient (Wildman–Crippen LogP) is 4.53. The summed E-state index contributed by atoms with van der Waals surface area (Å²) in [4.78, 5) is 23.6. The van der Waals surface area contributed by atoms with E-state index >= 15 is 0 Å². The van der Waals surface area contributed by atoms with Crippen molar-refractivity contribution in [1.29, 1.82) is 0 Å². The molecule has 4 aromatic heterocycles. The molecule has 2 aliphatic heterocycles. The lowest BCUT2D eigenvalue weighted by Gasteiger charge is -2.25. The van der Waals surface area contributed by atoms with Gasteiger partial charge in [-0.05, 0) is 45.0 Å². The topological polar surface area (TPSA) is 91.3 Å². The molecule has 0 amide bonds. The van der Waals surface area contributed by atoms with E-state index in [1.807, 2.05) is 30.6 Å². The molecule has 186 valence electrons. The van der Waals surface area contributed by atoms with E-state index in [4.69, 9.17) is 14.7 Å². The van der Waals surface area contributed by atoms with E-state index < -0.39 is 0 Å². The molecular formula is C26H30N8OS. The number of nitrogens with one attached hydrogen (secondary N) is 2. The summed E-state index contributed by atoms with van der Waals surface area (Å²) in [5.74, 6) is 3.10. The average Bonchev–Trinajstić information content (AvgIpc) is 3.46. The molecule has 2 N–H and O–H groups in total. The second kappa shape index (κ2) is 9.18. The van der Waals surface area contributed by atoms with Crippen molar-refractivity contribution in [2.24, 2.45) is 0 Å². The van der Waals surface area contributed by atoms with Crippen LogP contribution in [0.4, 0.5) is 23.1 Å². The van der Waals surface area contributed by atoms with E-state index in [-0.39, 0.29) is 0 Å². The lowest BCUT2D eigenvalue weighted by Crippen LogP contribution is -2.34. The summed E-state index contributed by atoms with van der Waals surface area (Å²) in [6, 6.07) is 9.08. The van der Waals surface area contributed by atoms with E-state index in [1.54, 1.807) is 11.3 Å². The maximum absolute atomic E-state index is 5.67. The van der Waals surface area contributed by atoms with E-state index in [1.165, 1.54) is 0 Å². The molecule has 2 aliphatic rings. The number of hydrogen-bond acceptors (Lipinski definition) is 10. The summed E-state index contributed by atoms with van der Waals surface area (Å²) in [5, 5.41) is 7.69. The minimum Gasteiger partial charge on any atom is -0.474 e. The van der Waals surface area contributed by atoms with Crippen LogP contribution in [-0.4, -0.2) is 70.7 Å². The van der Waals surface area contributed by atoms with E-state index in [0.717, 1.165) is 69.0 Å². The molecule has 1 fully saturated rings. The molecule has 2 unspecified atom stereocenters. The number of hydrogen-bond donors (Lipinski definition) is 2. The number of rotatable bonds is 5. The van der Waals surface area contributed by atoms with Crippen LogP contribution in [0.1, 0.15) is 18.9 Å². The minimum atomic E-state index is 0.457. The van der Waals surface area contributed by atoms with Crippen molar-refractivity contribution in [2.75, 3.05) is 49.3 Å². The van der Waals surface area contributed by atoms with Crippen LogP contribution < -0.4 is 20.3 Å². The Morgan fingerprint density at radius 3 is 2.92 bits per heavy atom. The zero-order valence-corrected chi connectivity index (χ0v) is 21.8. The van der Waals surface area contributed by atoms with Gasteiger partial charge in [0.25, 0.3) is 0 Å². The van der Waals surface area contributed by atoms with Crippen LogP contribution in [-0.2, 0) is 0 Å². The highest BCUT2D eigenvalue weighted by Crippen LogP contribution is 2.38. The predicted molar refractivity (Wildman–Crippen MR) is 146 cm³/mol. The zero-order chi connectivity index (χ0) is 24.8. The third-order valence-electron chi connectivity index (χ3n) is 7.22. The first kappa shape index (κ1) is 22.9. The Morgan fingerprint density at radius 2 is 2.08 bits per heavy atom. The standard InChI is InChI=1S/C26H30N8OS/c1-15-10-17(14-33(15)3)34(4)23-7-5-6-21(32-23)31-22-11-19-20(13-28-22)36-26(30-19)18-12-29-25-24(16(18)2)27-8-9-35-25/h5-7,11-13,15,17,27H,8-10,14H2,1-4H3,(H,28,31,32). The number of likely N-dealkylation sites (tertiary alicyclic amines) is 1. The fourth-order valence-corrected chi connectivity index (χ4v) is 5.89. The van der Waals surface area contributed by atoms with Crippen molar-refractivity contribution >= 4 is 44.7 Å². The molecule has 36 heavy (non-hydrogen) atoms. The van der Waals surface area contributed by atoms with Crippen molar-refractivity contribution in [3.63, 3.8) is 0 Å². The summed E-state index contributed by atoms with van der Waals surface area (Å²) in [6.45, 7) is 6.81. The second-order valence-electron chi connectivity index (χ2n) is 9.60. The SMILES string of the molecule is Cc1c(-c2nc3cc(Nc4cccc(N(C)C5CC(C)N(C)C5)n4)ncc3s2)cnc2c1NCCO2. The smallest absolute Gasteiger partial charge is 0.237 e. The van der Waals surface area contributed by atoms with E-state index in [2.05, 4.69) is 64.4 Å². The summed E-state index contributed by atoms with van der Waals surface area (Å²) in [6.07, 6.45) is 4.85. The van der Waals surface area contributed by atoms with Crippen molar-refractivity contribution in [3.8, 4) is 16.5 Å². The number of ether oxygens (including phenoxy) is 1. The molecule has 10 heteroatoms. The van der Waals surface area contributed by atoms with Gasteiger partial charge in [-0.3, -0.25) is 0 Å². The highest BCUT2D eigenvalue weighted by atomic mass is 32.1. The van der Waals surface area contributed by atoms with Crippen LogP contribution >= 0.6 is 11.3 Å². The van der Waals surface area contributed by atoms with Crippen molar-refractivity contribution < 1.29 is 4.74 Å². The molecular weight excluding hydrogens is 472 g/mol. The highest BCUT2D eigenvalue weighted by Gasteiger charge is 2.29. The third-order valence-corrected chi connectivity index (χ3v) is 8.26. The molecule has 0 aliphatic carbocycles. The van der Waals surface area contributed by atoms with Crippen LogP contribution in [0.5, 0.6) is 5.88 Å². The number of aromatic nitrogens is 4. The van der Waals surface area contributed by atoms with Crippen molar-refractivity contribution in [1.82, 2.24) is 24.8 Å². The molecule has 0 saturated carbocycles. The fourth-order valence-electron chi connectivity index (χ4n) is 4.90. The molecule has 0 aromatic carbocycles. The monoisotopic (exact) mass is 502 g/mol. The molecule has 2 atom stereocenters. The Labute approximate surface area is 214 Å². The normalized spacial score (nSPS) is 19.6. The number of fused-ring (bicyclic) bond motifs is 2. The number of nitrogens with zero attached hydrogens (tertiary/aromatic N) is 6. The number of thiazole rings is 1. The van der Waals surface area contributed by atoms with Crippen LogP contribution in [0.15, 0.2) is 36.7 Å². The van der Waals surface area contributed by atoms with Gasteiger partial charge in [-0.2, -0.15) is 0 Å². The minimum absolute atomic E-state index is 0.457. The fraction of sp³-hybridized carbons (Fsp3) is 0.385. The number of anilines is 4. The van der Waals surface area contributed by atoms with E-state index in [0.29, 0.717) is 24.6 Å². The van der Waals surface area contributed by atoms with Gasteiger partial charge in [-0.15, -0.1) is 11.3 Å². The summed E-state index contributed by atoms with van der Waals surface area (Å²) >= 11 is 1.61. The maximum atomic E-state index is 5.67. The first-order valence-electron chi connectivity index (χ1n) is 12.3. The van der Waals surface area contributed by atoms with Crippen molar-refractivity contribution in [2.45, 2.75) is 32.4 Å². The second-order valence-corrected chi connectivity index (χ2v) is 10.6. The van der Waals surface area contributed by atoms with Gasteiger partial charge in [0.05, 0.1) is 10.2 Å². The lowest BCUT2D eigenvalue weighted by atomic mass is 10.1. The summed E-state index contributed by atoms with van der Waals surface area (Å²) < 4.78 is 6.69. The highest BCUT2D eigenvalue weighted by molar-refractivity contribution is 7.21. The molecule has 0 bridgehead atoms. The molecule has 4 aromatic rings. The Hall–Kier alpha value is -3.50. The number of likely N-dealkylation sites (N-methyl/N-ethyl adjacent to an activating group) is 2. The van der Waals surface area contributed by atoms with Gasteiger partial charge in [0, 0.05) is 56.2 Å². The van der Waals surface area contributed by atoms with Crippen LogP contribution in [0.25, 0.3) is 20.8 Å².